The molecule has 6 nitrogen and oxygen atoms in total. The fraction of sp³-hybridized carbons (Fsp3) is 0.250. The fourth-order valence-corrected chi connectivity index (χ4v) is 2.33. The number of pyridine rings is 1. The van der Waals surface area contributed by atoms with E-state index in [4.69, 9.17) is 0 Å². The average Bonchev–Trinajstić information content (AvgIpc) is 2.74. The lowest BCUT2D eigenvalue weighted by atomic mass is 10.1. The van der Waals surface area contributed by atoms with Gasteiger partial charge in [0, 0.05) is 31.5 Å². The lowest BCUT2D eigenvalue weighted by Crippen LogP contribution is -2.50. The number of halogens is 1. The molecule has 0 bridgehead atoms. The van der Waals surface area contributed by atoms with Crippen LogP contribution in [0, 0.1) is 0 Å². The molecule has 0 unspecified atom stereocenters. The molecule has 0 aliphatic carbocycles. The van der Waals surface area contributed by atoms with Crippen LogP contribution < -0.4 is 5.56 Å². The molecule has 1 aliphatic heterocycles. The van der Waals surface area contributed by atoms with Crippen molar-refractivity contribution in [1.29, 1.82) is 0 Å². The maximum absolute atomic E-state index is 12.1. The van der Waals surface area contributed by atoms with Crippen LogP contribution in [0.25, 0.3) is 0 Å². The SMILES string of the molecule is O=C(c1ccc(=O)[nH]c1)N1CC(n2cc(Br)cn2)C1. The van der Waals surface area contributed by atoms with E-state index in [0.29, 0.717) is 18.7 Å². The van der Waals surface area contributed by atoms with E-state index >= 15 is 0 Å². The van der Waals surface area contributed by atoms with Crippen LogP contribution in [0.5, 0.6) is 0 Å². The third kappa shape index (κ3) is 2.33. The van der Waals surface area contributed by atoms with Gasteiger partial charge in [-0.2, -0.15) is 5.10 Å². The van der Waals surface area contributed by atoms with Crippen LogP contribution in [-0.2, 0) is 0 Å². The first-order valence-corrected chi connectivity index (χ1v) is 6.60. The number of aromatic amines is 1. The van der Waals surface area contributed by atoms with E-state index in [2.05, 4.69) is 26.0 Å². The first-order valence-electron chi connectivity index (χ1n) is 5.81. The number of likely N-dealkylation sites (tertiary alicyclic amines) is 1. The summed E-state index contributed by atoms with van der Waals surface area (Å²) in [5, 5.41) is 4.20. The van der Waals surface area contributed by atoms with Gasteiger partial charge in [-0.15, -0.1) is 0 Å². The van der Waals surface area contributed by atoms with Crippen LogP contribution in [-0.4, -0.2) is 38.7 Å². The molecule has 1 fully saturated rings. The molecule has 1 amide bonds. The number of carbonyl (C=O) groups is 1. The molecule has 2 aromatic rings. The van der Waals surface area contributed by atoms with Crippen molar-refractivity contribution in [2.75, 3.05) is 13.1 Å². The van der Waals surface area contributed by atoms with Crippen molar-refractivity contribution in [3.05, 3.63) is 51.1 Å². The Labute approximate surface area is 117 Å². The summed E-state index contributed by atoms with van der Waals surface area (Å²) in [7, 11) is 0. The van der Waals surface area contributed by atoms with Gasteiger partial charge in [-0.25, -0.2) is 0 Å². The highest BCUT2D eigenvalue weighted by Crippen LogP contribution is 2.23. The number of aromatic nitrogens is 3. The Balaban J connectivity index is 1.65. The number of rotatable bonds is 2. The Morgan fingerprint density at radius 2 is 2.21 bits per heavy atom. The number of amides is 1. The standard InChI is InChI=1S/C12H11BrN4O2/c13-9-4-15-17(5-9)10-6-16(7-10)12(19)8-1-2-11(18)14-3-8/h1-5,10H,6-7H2,(H,14,18). The number of nitrogens with zero attached hydrogens (tertiary/aromatic N) is 3. The second-order valence-corrected chi connectivity index (χ2v) is 5.36. The zero-order valence-electron chi connectivity index (χ0n) is 9.91. The molecule has 1 saturated heterocycles. The molecule has 0 spiro atoms. The summed E-state index contributed by atoms with van der Waals surface area (Å²) in [6.45, 7) is 1.26. The van der Waals surface area contributed by atoms with Gasteiger partial charge in [0.05, 0.1) is 22.3 Å². The molecule has 0 atom stereocenters. The smallest absolute Gasteiger partial charge is 0.255 e. The maximum atomic E-state index is 12.1. The first-order chi connectivity index (χ1) is 9.13. The van der Waals surface area contributed by atoms with E-state index in [-0.39, 0.29) is 17.5 Å². The minimum Gasteiger partial charge on any atom is -0.334 e. The van der Waals surface area contributed by atoms with E-state index in [1.54, 1.807) is 17.2 Å². The first kappa shape index (κ1) is 12.2. The van der Waals surface area contributed by atoms with Crippen LogP contribution in [0.4, 0.5) is 0 Å². The van der Waals surface area contributed by atoms with Crippen LogP contribution in [0.3, 0.4) is 0 Å². The van der Waals surface area contributed by atoms with E-state index in [1.807, 2.05) is 10.9 Å². The number of nitrogens with one attached hydrogen (secondary N) is 1. The van der Waals surface area contributed by atoms with Crippen LogP contribution >= 0.6 is 15.9 Å². The summed E-state index contributed by atoms with van der Waals surface area (Å²) >= 11 is 3.34. The number of H-pyrrole nitrogens is 1. The van der Waals surface area contributed by atoms with Crippen molar-refractivity contribution in [2.24, 2.45) is 0 Å². The van der Waals surface area contributed by atoms with Crippen molar-refractivity contribution < 1.29 is 4.79 Å². The van der Waals surface area contributed by atoms with Crippen molar-refractivity contribution in [2.45, 2.75) is 6.04 Å². The molecule has 1 N–H and O–H groups in total. The van der Waals surface area contributed by atoms with Gasteiger partial charge in [-0.1, -0.05) is 0 Å². The summed E-state index contributed by atoms with van der Waals surface area (Å²) in [6, 6.07) is 3.12. The maximum Gasteiger partial charge on any atom is 0.255 e. The normalized spacial score (nSPS) is 15.3. The highest BCUT2D eigenvalue weighted by atomic mass is 79.9. The zero-order chi connectivity index (χ0) is 13.4. The van der Waals surface area contributed by atoms with Gasteiger partial charge < -0.3 is 9.88 Å². The Morgan fingerprint density at radius 3 is 2.79 bits per heavy atom. The molecule has 7 heteroatoms. The predicted octanol–water partition coefficient (Wildman–Crippen LogP) is 1.03. The van der Waals surface area contributed by atoms with Crippen LogP contribution in [0.2, 0.25) is 0 Å². The van der Waals surface area contributed by atoms with E-state index in [0.717, 1.165) is 4.47 Å². The van der Waals surface area contributed by atoms with E-state index in [9.17, 15) is 9.59 Å². The topological polar surface area (TPSA) is 71.0 Å². The second kappa shape index (κ2) is 4.65. The van der Waals surface area contributed by atoms with E-state index in [1.165, 1.54) is 12.3 Å². The van der Waals surface area contributed by atoms with Gasteiger partial charge >= 0.3 is 0 Å². The molecule has 0 radical (unpaired) electrons. The lowest BCUT2D eigenvalue weighted by molar-refractivity contribution is 0.0501. The van der Waals surface area contributed by atoms with Crippen molar-refractivity contribution in [3.63, 3.8) is 0 Å². The van der Waals surface area contributed by atoms with Crippen LogP contribution in [0.15, 0.2) is 40.0 Å². The highest BCUT2D eigenvalue weighted by molar-refractivity contribution is 9.10. The monoisotopic (exact) mass is 322 g/mol. The van der Waals surface area contributed by atoms with Crippen molar-refractivity contribution >= 4 is 21.8 Å². The van der Waals surface area contributed by atoms with Crippen LogP contribution in [0.1, 0.15) is 16.4 Å². The summed E-state index contributed by atoms with van der Waals surface area (Å²) < 4.78 is 2.78. The summed E-state index contributed by atoms with van der Waals surface area (Å²) in [4.78, 5) is 27.3. The summed E-state index contributed by atoms with van der Waals surface area (Å²) in [6.07, 6.45) is 5.07. The van der Waals surface area contributed by atoms with Gasteiger partial charge in [-0.05, 0) is 22.0 Å². The highest BCUT2D eigenvalue weighted by Gasteiger charge is 2.32. The number of carbonyl (C=O) groups excluding carboxylic acids is 1. The average molecular weight is 323 g/mol. The minimum atomic E-state index is -0.209. The zero-order valence-corrected chi connectivity index (χ0v) is 11.5. The lowest BCUT2D eigenvalue weighted by Gasteiger charge is -2.39. The fourth-order valence-electron chi connectivity index (χ4n) is 2.03. The van der Waals surface area contributed by atoms with Crippen molar-refractivity contribution in [3.8, 4) is 0 Å². The predicted molar refractivity (Wildman–Crippen MR) is 71.9 cm³/mol. The molecular weight excluding hydrogens is 312 g/mol. The van der Waals surface area contributed by atoms with Gasteiger partial charge in [0.15, 0.2) is 0 Å². The second-order valence-electron chi connectivity index (χ2n) is 4.44. The molecule has 0 aromatic carbocycles. The molecule has 2 aromatic heterocycles. The van der Waals surface area contributed by atoms with Crippen molar-refractivity contribution in [1.82, 2.24) is 19.7 Å². The largest absolute Gasteiger partial charge is 0.334 e. The molecular formula is C12H11BrN4O2. The van der Waals surface area contributed by atoms with Gasteiger partial charge in [-0.3, -0.25) is 14.3 Å². The molecule has 0 saturated carbocycles. The Bertz CT molecular complexity index is 652. The third-order valence-electron chi connectivity index (χ3n) is 3.12. The molecule has 19 heavy (non-hydrogen) atoms. The van der Waals surface area contributed by atoms with Gasteiger partial charge in [0.25, 0.3) is 5.91 Å². The number of hydrogen-bond acceptors (Lipinski definition) is 3. The molecule has 98 valence electrons. The molecule has 3 heterocycles. The molecule has 3 rings (SSSR count). The Kier molecular flexibility index (Phi) is 2.98. The summed E-state index contributed by atoms with van der Waals surface area (Å²) in [5.41, 5.74) is 0.291. The minimum absolute atomic E-state index is 0.0706. The van der Waals surface area contributed by atoms with Gasteiger partial charge in [0.2, 0.25) is 5.56 Å². The summed E-state index contributed by atoms with van der Waals surface area (Å²) in [5.74, 6) is -0.0706. The number of hydrogen-bond donors (Lipinski definition) is 1. The Hall–Kier alpha value is -1.89. The Morgan fingerprint density at radius 1 is 1.42 bits per heavy atom. The quantitative estimate of drug-likeness (QED) is 0.897. The van der Waals surface area contributed by atoms with Gasteiger partial charge in [0.1, 0.15) is 0 Å². The third-order valence-corrected chi connectivity index (χ3v) is 3.53. The molecule has 1 aliphatic rings. The van der Waals surface area contributed by atoms with E-state index < -0.39 is 0 Å².